The number of nitrogens with one attached hydrogen (secondary N) is 2. The van der Waals surface area contributed by atoms with Gasteiger partial charge in [-0.25, -0.2) is 8.78 Å². The highest BCUT2D eigenvalue weighted by Crippen LogP contribution is 2.20. The van der Waals surface area contributed by atoms with Crippen LogP contribution in [0.1, 0.15) is 29.7 Å². The van der Waals surface area contributed by atoms with E-state index < -0.39 is 11.6 Å². The van der Waals surface area contributed by atoms with Gasteiger partial charge in [-0.2, -0.15) is 0 Å². The Morgan fingerprint density at radius 2 is 1.86 bits per heavy atom. The van der Waals surface area contributed by atoms with E-state index in [0.29, 0.717) is 10.7 Å². The van der Waals surface area contributed by atoms with E-state index in [1.165, 1.54) is 12.1 Å². The molecule has 116 valence electrons. The Bertz CT molecular complexity index is 701. The highest BCUT2D eigenvalue weighted by Gasteiger charge is 2.13. The van der Waals surface area contributed by atoms with Crippen molar-refractivity contribution in [2.24, 2.45) is 0 Å². The van der Waals surface area contributed by atoms with Crippen LogP contribution >= 0.6 is 12.2 Å². The Labute approximate surface area is 134 Å². The summed E-state index contributed by atoms with van der Waals surface area (Å²) < 4.78 is 26.7. The Morgan fingerprint density at radius 1 is 1.14 bits per heavy atom. The van der Waals surface area contributed by atoms with Crippen molar-refractivity contribution in [2.75, 3.05) is 5.32 Å². The zero-order valence-electron chi connectivity index (χ0n) is 12.7. The normalized spacial score (nSPS) is 11.9. The first-order valence-corrected chi connectivity index (χ1v) is 7.38. The maximum absolute atomic E-state index is 13.8. The van der Waals surface area contributed by atoms with Gasteiger partial charge in [0.1, 0.15) is 11.6 Å². The van der Waals surface area contributed by atoms with E-state index in [0.717, 1.165) is 22.9 Å². The third kappa shape index (κ3) is 3.80. The lowest BCUT2D eigenvalue weighted by molar-refractivity contribution is 0.554. The van der Waals surface area contributed by atoms with Crippen molar-refractivity contribution in [2.45, 2.75) is 26.8 Å². The predicted octanol–water partition coefficient (Wildman–Crippen LogP) is 4.63. The minimum atomic E-state index is -0.593. The first kappa shape index (κ1) is 16.4. The van der Waals surface area contributed by atoms with Crippen LogP contribution in [0.5, 0.6) is 0 Å². The van der Waals surface area contributed by atoms with Crippen LogP contribution in [0.3, 0.4) is 0 Å². The SMILES string of the molecule is Cc1cccc(NC(=S)N[C@H](C)c2ccc(F)cc2F)c1C. The molecule has 2 aromatic carbocycles. The molecule has 2 N–H and O–H groups in total. The first-order chi connectivity index (χ1) is 10.4. The molecule has 0 saturated carbocycles. The molecule has 2 aromatic rings. The van der Waals surface area contributed by atoms with Gasteiger partial charge in [-0.15, -0.1) is 0 Å². The van der Waals surface area contributed by atoms with E-state index in [2.05, 4.69) is 10.6 Å². The molecule has 0 aliphatic carbocycles. The van der Waals surface area contributed by atoms with Crippen LogP contribution in [-0.4, -0.2) is 5.11 Å². The van der Waals surface area contributed by atoms with Gasteiger partial charge in [0.25, 0.3) is 0 Å². The van der Waals surface area contributed by atoms with Gasteiger partial charge in [-0.3, -0.25) is 0 Å². The molecule has 0 heterocycles. The molecular formula is C17H18F2N2S. The highest BCUT2D eigenvalue weighted by atomic mass is 32.1. The first-order valence-electron chi connectivity index (χ1n) is 6.97. The molecule has 0 unspecified atom stereocenters. The Kier molecular flexibility index (Phi) is 5.08. The molecule has 0 aromatic heterocycles. The van der Waals surface area contributed by atoms with Gasteiger partial charge in [0.05, 0.1) is 6.04 Å². The van der Waals surface area contributed by atoms with Crippen LogP contribution in [0.2, 0.25) is 0 Å². The summed E-state index contributed by atoms with van der Waals surface area (Å²) in [5, 5.41) is 6.51. The van der Waals surface area contributed by atoms with Crippen LogP contribution in [0.4, 0.5) is 14.5 Å². The molecule has 0 fully saturated rings. The zero-order valence-corrected chi connectivity index (χ0v) is 13.5. The highest BCUT2D eigenvalue weighted by molar-refractivity contribution is 7.80. The number of aryl methyl sites for hydroxylation is 1. The quantitative estimate of drug-likeness (QED) is 0.806. The number of halogens is 2. The van der Waals surface area contributed by atoms with Crippen molar-refractivity contribution in [1.82, 2.24) is 5.32 Å². The number of rotatable bonds is 3. The van der Waals surface area contributed by atoms with Crippen molar-refractivity contribution in [3.05, 3.63) is 64.7 Å². The van der Waals surface area contributed by atoms with Crippen molar-refractivity contribution < 1.29 is 8.78 Å². The van der Waals surface area contributed by atoms with Gasteiger partial charge in [0.2, 0.25) is 0 Å². The summed E-state index contributed by atoms with van der Waals surface area (Å²) in [5.41, 5.74) is 3.54. The Balaban J connectivity index is 2.07. The van der Waals surface area contributed by atoms with E-state index >= 15 is 0 Å². The van der Waals surface area contributed by atoms with Gasteiger partial charge in [-0.1, -0.05) is 18.2 Å². The lowest BCUT2D eigenvalue weighted by Gasteiger charge is -2.19. The molecule has 0 amide bonds. The van der Waals surface area contributed by atoms with Gasteiger partial charge in [-0.05, 0) is 56.2 Å². The Hall–Kier alpha value is -2.01. The zero-order chi connectivity index (χ0) is 16.3. The van der Waals surface area contributed by atoms with Crippen molar-refractivity contribution in [3.63, 3.8) is 0 Å². The molecule has 0 spiro atoms. The van der Waals surface area contributed by atoms with Crippen LogP contribution < -0.4 is 10.6 Å². The predicted molar refractivity (Wildman–Crippen MR) is 90.0 cm³/mol. The molecule has 0 aliphatic rings. The van der Waals surface area contributed by atoms with E-state index in [1.54, 1.807) is 6.92 Å². The van der Waals surface area contributed by atoms with Crippen molar-refractivity contribution >= 4 is 23.0 Å². The lowest BCUT2D eigenvalue weighted by Crippen LogP contribution is -2.31. The van der Waals surface area contributed by atoms with Crippen LogP contribution in [0.25, 0.3) is 0 Å². The molecule has 0 bridgehead atoms. The van der Waals surface area contributed by atoms with Crippen LogP contribution in [0, 0.1) is 25.5 Å². The molecule has 0 saturated heterocycles. The number of hydrogen-bond acceptors (Lipinski definition) is 1. The summed E-state index contributed by atoms with van der Waals surface area (Å²) in [6, 6.07) is 9.05. The van der Waals surface area contributed by atoms with E-state index in [9.17, 15) is 8.78 Å². The third-order valence-electron chi connectivity index (χ3n) is 3.63. The Morgan fingerprint density at radius 3 is 2.55 bits per heavy atom. The van der Waals surface area contributed by atoms with Crippen LogP contribution in [0.15, 0.2) is 36.4 Å². The average molecular weight is 320 g/mol. The van der Waals surface area contributed by atoms with Gasteiger partial charge in [0.15, 0.2) is 5.11 Å². The van der Waals surface area contributed by atoms with Gasteiger partial charge in [0, 0.05) is 17.3 Å². The summed E-state index contributed by atoms with van der Waals surface area (Å²) in [7, 11) is 0. The standard InChI is InChI=1S/C17H18F2N2S/c1-10-5-4-6-16(11(10)2)21-17(22)20-12(3)14-8-7-13(18)9-15(14)19/h4-9,12H,1-3H3,(H2,20,21,22)/t12-/m1/s1. The summed E-state index contributed by atoms with van der Waals surface area (Å²) in [4.78, 5) is 0. The molecule has 2 nitrogen and oxygen atoms in total. The third-order valence-corrected chi connectivity index (χ3v) is 3.85. The minimum absolute atomic E-state index is 0.367. The fourth-order valence-corrected chi connectivity index (χ4v) is 2.46. The fraction of sp³-hybridized carbons (Fsp3) is 0.235. The maximum atomic E-state index is 13.8. The van der Waals surface area contributed by atoms with Crippen molar-refractivity contribution in [3.8, 4) is 0 Å². The van der Waals surface area contributed by atoms with Crippen molar-refractivity contribution in [1.29, 1.82) is 0 Å². The number of hydrogen-bond donors (Lipinski definition) is 2. The molecule has 5 heteroatoms. The van der Waals surface area contributed by atoms with E-state index in [1.807, 2.05) is 32.0 Å². The molecule has 22 heavy (non-hydrogen) atoms. The summed E-state index contributed by atoms with van der Waals surface area (Å²) in [6.45, 7) is 5.80. The van der Waals surface area contributed by atoms with Crippen LogP contribution in [-0.2, 0) is 0 Å². The average Bonchev–Trinajstić information content (AvgIpc) is 2.43. The minimum Gasteiger partial charge on any atom is -0.356 e. The topological polar surface area (TPSA) is 24.1 Å². The number of anilines is 1. The second-order valence-corrected chi connectivity index (χ2v) is 5.64. The largest absolute Gasteiger partial charge is 0.356 e. The fourth-order valence-electron chi connectivity index (χ4n) is 2.17. The summed E-state index contributed by atoms with van der Waals surface area (Å²) in [6.07, 6.45) is 0. The second kappa shape index (κ2) is 6.83. The molecular weight excluding hydrogens is 302 g/mol. The van der Waals surface area contributed by atoms with E-state index in [4.69, 9.17) is 12.2 Å². The maximum Gasteiger partial charge on any atom is 0.171 e. The molecule has 1 atom stereocenters. The molecule has 0 radical (unpaired) electrons. The van der Waals surface area contributed by atoms with Gasteiger partial charge >= 0.3 is 0 Å². The van der Waals surface area contributed by atoms with E-state index in [-0.39, 0.29) is 6.04 Å². The second-order valence-electron chi connectivity index (χ2n) is 5.23. The molecule has 0 aliphatic heterocycles. The summed E-state index contributed by atoms with van der Waals surface area (Å²) in [5.74, 6) is -1.18. The van der Waals surface area contributed by atoms with Gasteiger partial charge < -0.3 is 10.6 Å². The summed E-state index contributed by atoms with van der Waals surface area (Å²) >= 11 is 5.27. The molecule has 2 rings (SSSR count). The lowest BCUT2D eigenvalue weighted by atomic mass is 10.1. The number of thiocarbonyl (C=S) groups is 1. The monoisotopic (exact) mass is 320 g/mol. The number of benzene rings is 2. The smallest absolute Gasteiger partial charge is 0.171 e.